The fourth-order valence-electron chi connectivity index (χ4n) is 3.02. The van der Waals surface area contributed by atoms with Gasteiger partial charge in [0.05, 0.1) is 0 Å². The molecule has 0 aliphatic carbocycles. The minimum absolute atomic E-state index is 0.188. The van der Waals surface area contributed by atoms with Gasteiger partial charge in [0.2, 0.25) is 0 Å². The van der Waals surface area contributed by atoms with Gasteiger partial charge in [0.1, 0.15) is 5.66 Å². The van der Waals surface area contributed by atoms with Gasteiger partial charge in [0.25, 0.3) is 5.91 Å². The molecule has 1 heterocycles. The SMILES string of the molecule is CC1=NN(C)C(=O)C(P(=O)(c2ccccc2)c2ccccc2)C1. The molecular weight excluding hydrogens is 307 g/mol. The van der Waals surface area contributed by atoms with Gasteiger partial charge in [0.15, 0.2) is 7.14 Å². The highest BCUT2D eigenvalue weighted by atomic mass is 31.2. The van der Waals surface area contributed by atoms with Gasteiger partial charge >= 0.3 is 0 Å². The average Bonchev–Trinajstić information content (AvgIpc) is 2.59. The molecule has 118 valence electrons. The molecule has 0 N–H and O–H groups in total. The molecule has 0 bridgehead atoms. The Labute approximate surface area is 136 Å². The van der Waals surface area contributed by atoms with E-state index in [4.69, 9.17) is 0 Å². The summed E-state index contributed by atoms with van der Waals surface area (Å²) in [7, 11) is -1.48. The summed E-state index contributed by atoms with van der Waals surface area (Å²) in [6, 6.07) is 18.6. The van der Waals surface area contributed by atoms with Crippen molar-refractivity contribution in [2.45, 2.75) is 19.0 Å². The van der Waals surface area contributed by atoms with Crippen molar-refractivity contribution >= 4 is 29.4 Å². The molecule has 3 rings (SSSR count). The first kappa shape index (κ1) is 15.7. The standard InChI is InChI=1S/C18H19N2O2P/c1-14-13-17(18(21)20(2)19-14)23(22,15-9-5-3-6-10-15)16-11-7-4-8-12-16/h3-12,17H,13H2,1-2H3. The Kier molecular flexibility index (Phi) is 4.18. The van der Waals surface area contributed by atoms with Crippen LogP contribution in [-0.2, 0) is 9.36 Å². The summed E-state index contributed by atoms with van der Waals surface area (Å²) in [5.74, 6) is -0.188. The third-order valence-corrected chi connectivity index (χ3v) is 7.54. The van der Waals surface area contributed by atoms with Crippen LogP contribution in [0.25, 0.3) is 0 Å². The van der Waals surface area contributed by atoms with Gasteiger partial charge in [-0.25, -0.2) is 5.01 Å². The lowest BCUT2D eigenvalue weighted by Crippen LogP contribution is -2.43. The molecule has 4 nitrogen and oxygen atoms in total. The Morgan fingerprint density at radius 2 is 1.48 bits per heavy atom. The van der Waals surface area contributed by atoms with Crippen molar-refractivity contribution < 1.29 is 9.36 Å². The van der Waals surface area contributed by atoms with E-state index in [0.29, 0.717) is 17.0 Å². The molecule has 2 aromatic carbocycles. The van der Waals surface area contributed by atoms with Crippen LogP contribution < -0.4 is 10.6 Å². The van der Waals surface area contributed by atoms with Crippen molar-refractivity contribution in [3.63, 3.8) is 0 Å². The number of hydrogen-bond acceptors (Lipinski definition) is 3. The van der Waals surface area contributed by atoms with Crippen LogP contribution in [0, 0.1) is 0 Å². The molecule has 23 heavy (non-hydrogen) atoms. The molecule has 0 saturated carbocycles. The van der Waals surface area contributed by atoms with Crippen LogP contribution in [0.2, 0.25) is 0 Å². The summed E-state index contributed by atoms with van der Waals surface area (Å²) in [4.78, 5) is 12.7. The summed E-state index contributed by atoms with van der Waals surface area (Å²) in [5.41, 5.74) is 0.221. The zero-order chi connectivity index (χ0) is 16.4. The summed E-state index contributed by atoms with van der Waals surface area (Å²) < 4.78 is 14.2. The monoisotopic (exact) mass is 326 g/mol. The van der Waals surface area contributed by atoms with Gasteiger partial charge in [0, 0.05) is 29.8 Å². The van der Waals surface area contributed by atoms with Crippen molar-refractivity contribution in [2.24, 2.45) is 5.10 Å². The lowest BCUT2D eigenvalue weighted by molar-refractivity contribution is -0.129. The number of amides is 1. The molecule has 2 aromatic rings. The highest BCUT2D eigenvalue weighted by Crippen LogP contribution is 2.51. The zero-order valence-electron chi connectivity index (χ0n) is 13.2. The Bertz CT molecular complexity index is 744. The quantitative estimate of drug-likeness (QED) is 0.814. The van der Waals surface area contributed by atoms with Crippen LogP contribution in [-0.4, -0.2) is 29.3 Å². The van der Waals surface area contributed by atoms with Crippen LogP contribution in [0.4, 0.5) is 0 Å². The number of benzene rings is 2. The van der Waals surface area contributed by atoms with Crippen LogP contribution in [0.15, 0.2) is 65.8 Å². The Hall–Kier alpha value is -2.19. The van der Waals surface area contributed by atoms with Gasteiger partial charge in [-0.15, -0.1) is 0 Å². The maximum absolute atomic E-state index is 14.2. The summed E-state index contributed by atoms with van der Waals surface area (Å²) in [6.07, 6.45) is 0.421. The predicted octanol–water partition coefficient (Wildman–Crippen LogP) is 2.61. The molecule has 1 amide bonds. The van der Waals surface area contributed by atoms with E-state index in [1.54, 1.807) is 7.05 Å². The fourth-order valence-corrected chi connectivity index (χ4v) is 6.27. The highest BCUT2D eigenvalue weighted by Gasteiger charge is 2.44. The smallest absolute Gasteiger partial charge is 0.253 e. The largest absolute Gasteiger partial charge is 0.313 e. The van der Waals surface area contributed by atoms with E-state index in [9.17, 15) is 9.36 Å². The van der Waals surface area contributed by atoms with Gasteiger partial charge in [-0.2, -0.15) is 5.10 Å². The molecule has 1 unspecified atom stereocenters. The number of rotatable bonds is 3. The van der Waals surface area contributed by atoms with Gasteiger partial charge < -0.3 is 4.57 Å². The topological polar surface area (TPSA) is 49.7 Å². The third kappa shape index (κ3) is 2.75. The first-order valence-electron chi connectivity index (χ1n) is 7.56. The highest BCUT2D eigenvalue weighted by molar-refractivity contribution is 7.80. The van der Waals surface area contributed by atoms with Crippen molar-refractivity contribution in [3.8, 4) is 0 Å². The zero-order valence-corrected chi connectivity index (χ0v) is 14.1. The van der Waals surface area contributed by atoms with E-state index in [1.165, 1.54) is 5.01 Å². The van der Waals surface area contributed by atoms with Crippen LogP contribution in [0.5, 0.6) is 0 Å². The summed E-state index contributed by atoms with van der Waals surface area (Å²) >= 11 is 0. The van der Waals surface area contributed by atoms with Crippen LogP contribution in [0.1, 0.15) is 13.3 Å². The van der Waals surface area contributed by atoms with Gasteiger partial charge in [-0.1, -0.05) is 60.7 Å². The number of nitrogens with zero attached hydrogens (tertiary/aromatic N) is 2. The van der Waals surface area contributed by atoms with Crippen molar-refractivity contribution in [1.82, 2.24) is 5.01 Å². The molecule has 0 radical (unpaired) electrons. The second-order valence-corrected chi connectivity index (χ2v) is 8.72. The molecule has 0 saturated heterocycles. The number of carbonyl (C=O) groups is 1. The molecule has 1 aliphatic heterocycles. The van der Waals surface area contributed by atoms with Crippen LogP contribution in [0.3, 0.4) is 0 Å². The fraction of sp³-hybridized carbons (Fsp3) is 0.222. The van der Waals surface area contributed by atoms with E-state index in [0.717, 1.165) is 5.71 Å². The molecule has 0 spiro atoms. The first-order valence-corrected chi connectivity index (χ1v) is 9.33. The molecular formula is C18H19N2O2P. The second kappa shape index (κ2) is 6.13. The number of hydrogen-bond donors (Lipinski definition) is 0. The Balaban J connectivity index is 2.20. The van der Waals surface area contributed by atoms with Crippen molar-refractivity contribution in [1.29, 1.82) is 0 Å². The molecule has 0 fully saturated rings. The van der Waals surface area contributed by atoms with E-state index >= 15 is 0 Å². The van der Waals surface area contributed by atoms with Crippen molar-refractivity contribution in [3.05, 3.63) is 60.7 Å². The average molecular weight is 326 g/mol. The van der Waals surface area contributed by atoms with Crippen molar-refractivity contribution in [2.75, 3.05) is 7.05 Å². The number of carbonyl (C=O) groups excluding carboxylic acids is 1. The molecule has 1 aliphatic rings. The normalized spacial score (nSPS) is 18.7. The van der Waals surface area contributed by atoms with Crippen LogP contribution >= 0.6 is 7.14 Å². The maximum atomic E-state index is 14.2. The number of hydrazone groups is 1. The lowest BCUT2D eigenvalue weighted by atomic mass is 10.2. The lowest BCUT2D eigenvalue weighted by Gasteiger charge is -2.32. The maximum Gasteiger partial charge on any atom is 0.253 e. The van der Waals surface area contributed by atoms with E-state index in [2.05, 4.69) is 5.10 Å². The minimum atomic E-state index is -3.10. The van der Waals surface area contributed by atoms with E-state index in [1.807, 2.05) is 67.6 Å². The second-order valence-electron chi connectivity index (χ2n) is 5.75. The minimum Gasteiger partial charge on any atom is -0.313 e. The van der Waals surface area contributed by atoms with Gasteiger partial charge in [-0.05, 0) is 6.92 Å². The van der Waals surface area contributed by atoms with E-state index in [-0.39, 0.29) is 5.91 Å². The third-order valence-electron chi connectivity index (χ3n) is 4.13. The van der Waals surface area contributed by atoms with E-state index < -0.39 is 12.8 Å². The Morgan fingerprint density at radius 3 is 1.96 bits per heavy atom. The summed E-state index contributed by atoms with van der Waals surface area (Å²) in [5, 5.41) is 6.95. The summed E-state index contributed by atoms with van der Waals surface area (Å²) in [6.45, 7) is 1.87. The predicted molar refractivity (Wildman–Crippen MR) is 94.0 cm³/mol. The Morgan fingerprint density at radius 1 is 1.00 bits per heavy atom. The molecule has 0 aromatic heterocycles. The first-order chi connectivity index (χ1) is 11.0. The molecule has 1 atom stereocenters. The van der Waals surface area contributed by atoms with Gasteiger partial charge in [-0.3, -0.25) is 4.79 Å². The molecule has 5 heteroatoms.